The van der Waals surface area contributed by atoms with Crippen LogP contribution in [0.1, 0.15) is 24.4 Å². The number of rotatable bonds is 4. The molecule has 1 fully saturated rings. The highest BCUT2D eigenvalue weighted by Gasteiger charge is 2.25. The minimum absolute atomic E-state index is 0.0740. The highest BCUT2D eigenvalue weighted by molar-refractivity contribution is 5.30. The second-order valence-electron chi connectivity index (χ2n) is 5.48. The van der Waals surface area contributed by atoms with Crippen LogP contribution < -0.4 is 5.69 Å². The summed E-state index contributed by atoms with van der Waals surface area (Å²) in [5.41, 5.74) is 2.12. The molecule has 0 radical (unpaired) electrons. The third-order valence-electron chi connectivity index (χ3n) is 3.82. The van der Waals surface area contributed by atoms with Crippen molar-refractivity contribution in [1.82, 2.24) is 18.9 Å². The van der Waals surface area contributed by atoms with Gasteiger partial charge in [0.15, 0.2) is 0 Å². The van der Waals surface area contributed by atoms with Crippen LogP contribution in [0.4, 0.5) is 0 Å². The molecule has 0 N–H and O–H groups in total. The molecule has 3 aromatic rings. The number of nitrogens with zero attached hydrogens (tertiary/aromatic N) is 4. The van der Waals surface area contributed by atoms with E-state index in [0.717, 1.165) is 24.1 Å². The minimum Gasteiger partial charge on any atom is -0.296 e. The molecule has 5 heteroatoms. The summed E-state index contributed by atoms with van der Waals surface area (Å²) in [4.78, 5) is 12.2. The molecule has 0 amide bonds. The summed E-state index contributed by atoms with van der Waals surface area (Å²) in [6.07, 6.45) is 9.78. The molecule has 1 aliphatic rings. The average molecular weight is 280 g/mol. The molecule has 0 spiro atoms. The van der Waals surface area contributed by atoms with Crippen molar-refractivity contribution in [3.8, 4) is 5.69 Å². The Balaban J connectivity index is 1.58. The maximum atomic E-state index is 12.2. The molecule has 2 aromatic heterocycles. The Labute approximate surface area is 122 Å². The molecule has 0 aliphatic heterocycles. The molecule has 0 saturated heterocycles. The Morgan fingerprint density at radius 3 is 2.71 bits per heavy atom. The maximum absolute atomic E-state index is 12.2. The number of hydrogen-bond donors (Lipinski definition) is 0. The number of para-hydroxylation sites is 1. The summed E-state index contributed by atoms with van der Waals surface area (Å²) >= 11 is 0. The van der Waals surface area contributed by atoms with E-state index in [9.17, 15) is 4.79 Å². The second kappa shape index (κ2) is 4.77. The predicted octanol–water partition coefficient (Wildman–Crippen LogP) is 2.22. The third kappa shape index (κ3) is 2.31. The molecule has 0 bridgehead atoms. The number of imidazole rings is 1. The second-order valence-corrected chi connectivity index (χ2v) is 5.48. The molecule has 106 valence electrons. The van der Waals surface area contributed by atoms with E-state index in [-0.39, 0.29) is 5.69 Å². The van der Waals surface area contributed by atoms with Gasteiger partial charge in [-0.2, -0.15) is 5.10 Å². The zero-order chi connectivity index (χ0) is 14.2. The van der Waals surface area contributed by atoms with Gasteiger partial charge in [0.2, 0.25) is 0 Å². The van der Waals surface area contributed by atoms with E-state index >= 15 is 0 Å². The Morgan fingerprint density at radius 2 is 1.95 bits per heavy atom. The van der Waals surface area contributed by atoms with E-state index in [2.05, 4.69) is 5.10 Å². The van der Waals surface area contributed by atoms with E-state index in [1.54, 1.807) is 4.57 Å². The summed E-state index contributed by atoms with van der Waals surface area (Å²) in [5, 5.41) is 4.36. The molecule has 0 unspecified atom stereocenters. The van der Waals surface area contributed by atoms with Crippen molar-refractivity contribution in [3.05, 3.63) is 71.2 Å². The summed E-state index contributed by atoms with van der Waals surface area (Å²) in [6.45, 7) is 0.561. The van der Waals surface area contributed by atoms with Gasteiger partial charge in [0.1, 0.15) is 0 Å². The van der Waals surface area contributed by atoms with Crippen LogP contribution in [0.15, 0.2) is 59.9 Å². The fraction of sp³-hybridized carbons (Fsp3) is 0.250. The lowest BCUT2D eigenvalue weighted by Crippen LogP contribution is -2.23. The Kier molecular flexibility index (Phi) is 2.77. The summed E-state index contributed by atoms with van der Waals surface area (Å²) < 4.78 is 5.41. The van der Waals surface area contributed by atoms with Crippen LogP contribution in [-0.4, -0.2) is 18.9 Å². The van der Waals surface area contributed by atoms with Crippen molar-refractivity contribution in [2.75, 3.05) is 0 Å². The molecule has 4 rings (SSSR count). The lowest BCUT2D eigenvalue weighted by molar-refractivity contribution is 0.656. The predicted molar refractivity (Wildman–Crippen MR) is 79.6 cm³/mol. The van der Waals surface area contributed by atoms with Gasteiger partial charge in [0.25, 0.3) is 0 Å². The Bertz CT molecular complexity index is 808. The van der Waals surface area contributed by atoms with E-state index < -0.39 is 0 Å². The van der Waals surface area contributed by atoms with Gasteiger partial charge in [0.05, 0.1) is 18.4 Å². The SMILES string of the molecule is O=c1n(Cc2cnn(-c3ccccc3)c2)ccn1C1CC1. The van der Waals surface area contributed by atoms with Gasteiger partial charge in [0, 0.05) is 30.2 Å². The van der Waals surface area contributed by atoms with Gasteiger partial charge in [-0.25, -0.2) is 9.48 Å². The van der Waals surface area contributed by atoms with Crippen LogP contribution >= 0.6 is 0 Å². The van der Waals surface area contributed by atoms with Gasteiger partial charge in [-0.05, 0) is 25.0 Å². The largest absolute Gasteiger partial charge is 0.328 e. The number of aromatic nitrogens is 4. The van der Waals surface area contributed by atoms with Gasteiger partial charge in [-0.3, -0.25) is 9.13 Å². The Morgan fingerprint density at radius 1 is 1.14 bits per heavy atom. The van der Waals surface area contributed by atoms with Crippen LogP contribution in [0.5, 0.6) is 0 Å². The van der Waals surface area contributed by atoms with Crippen LogP contribution in [0.3, 0.4) is 0 Å². The van der Waals surface area contributed by atoms with E-state index in [0.29, 0.717) is 12.6 Å². The van der Waals surface area contributed by atoms with Gasteiger partial charge < -0.3 is 0 Å². The Hall–Kier alpha value is -2.56. The molecular weight excluding hydrogens is 264 g/mol. The lowest BCUT2D eigenvalue weighted by atomic mass is 10.3. The molecule has 2 heterocycles. The molecule has 0 atom stereocenters. The van der Waals surface area contributed by atoms with Gasteiger partial charge >= 0.3 is 5.69 Å². The van der Waals surface area contributed by atoms with E-state index in [1.165, 1.54) is 0 Å². The van der Waals surface area contributed by atoms with Gasteiger partial charge in [-0.1, -0.05) is 18.2 Å². The zero-order valence-corrected chi connectivity index (χ0v) is 11.6. The molecular formula is C16H16N4O. The standard InChI is InChI=1S/C16H16N4O/c21-16-18(8-9-19(16)14-6-7-14)11-13-10-17-20(12-13)15-4-2-1-3-5-15/h1-5,8-10,12,14H,6-7,11H2. The summed E-state index contributed by atoms with van der Waals surface area (Å²) in [5.74, 6) is 0. The van der Waals surface area contributed by atoms with Crippen LogP contribution in [0.25, 0.3) is 5.69 Å². The molecule has 5 nitrogen and oxygen atoms in total. The van der Waals surface area contributed by atoms with Crippen LogP contribution in [0.2, 0.25) is 0 Å². The first kappa shape index (κ1) is 12.2. The van der Waals surface area contributed by atoms with Crippen molar-refractivity contribution < 1.29 is 0 Å². The molecule has 1 aromatic carbocycles. The molecule has 21 heavy (non-hydrogen) atoms. The highest BCUT2D eigenvalue weighted by atomic mass is 16.1. The first-order chi connectivity index (χ1) is 10.3. The topological polar surface area (TPSA) is 44.8 Å². The number of benzene rings is 1. The quantitative estimate of drug-likeness (QED) is 0.735. The zero-order valence-electron chi connectivity index (χ0n) is 11.6. The van der Waals surface area contributed by atoms with Crippen molar-refractivity contribution in [3.63, 3.8) is 0 Å². The van der Waals surface area contributed by atoms with E-state index in [4.69, 9.17) is 0 Å². The van der Waals surface area contributed by atoms with Crippen molar-refractivity contribution in [1.29, 1.82) is 0 Å². The van der Waals surface area contributed by atoms with Gasteiger partial charge in [-0.15, -0.1) is 0 Å². The minimum atomic E-state index is 0.0740. The average Bonchev–Trinajstić information content (AvgIpc) is 3.14. The first-order valence-corrected chi connectivity index (χ1v) is 7.17. The maximum Gasteiger partial charge on any atom is 0.328 e. The van der Waals surface area contributed by atoms with Crippen LogP contribution in [-0.2, 0) is 6.54 Å². The first-order valence-electron chi connectivity index (χ1n) is 7.17. The summed E-state index contributed by atoms with van der Waals surface area (Å²) in [7, 11) is 0. The van der Waals surface area contributed by atoms with Crippen molar-refractivity contribution in [2.24, 2.45) is 0 Å². The normalized spacial score (nSPS) is 14.5. The van der Waals surface area contributed by atoms with Crippen LogP contribution in [0, 0.1) is 0 Å². The monoisotopic (exact) mass is 280 g/mol. The smallest absolute Gasteiger partial charge is 0.296 e. The molecule has 1 saturated carbocycles. The highest BCUT2D eigenvalue weighted by Crippen LogP contribution is 2.33. The summed E-state index contributed by atoms with van der Waals surface area (Å²) in [6, 6.07) is 10.4. The lowest BCUT2D eigenvalue weighted by Gasteiger charge is -2.00. The van der Waals surface area contributed by atoms with E-state index in [1.807, 2.05) is 64.4 Å². The fourth-order valence-electron chi connectivity index (χ4n) is 2.54. The fourth-order valence-corrected chi connectivity index (χ4v) is 2.54. The van der Waals surface area contributed by atoms with Crippen molar-refractivity contribution >= 4 is 0 Å². The molecule has 1 aliphatic carbocycles. The number of hydrogen-bond acceptors (Lipinski definition) is 2. The van der Waals surface area contributed by atoms with Crippen molar-refractivity contribution in [2.45, 2.75) is 25.4 Å². The third-order valence-corrected chi connectivity index (χ3v) is 3.82.